The number of carbonyl (C=O) groups is 2. The van der Waals surface area contributed by atoms with Crippen LogP contribution < -0.4 is 16.4 Å². The number of hydrogen-bond donors (Lipinski definition) is 3. The van der Waals surface area contributed by atoms with E-state index >= 15 is 0 Å². The molecule has 2 aromatic heterocycles. The highest BCUT2D eigenvalue weighted by molar-refractivity contribution is 6.43. The number of hydrogen-bond acceptors (Lipinski definition) is 7. The van der Waals surface area contributed by atoms with Gasteiger partial charge in [-0.15, -0.1) is 0 Å². The van der Waals surface area contributed by atoms with E-state index in [9.17, 15) is 31.5 Å². The number of fused-ring (bicyclic) bond motifs is 1. The molecule has 264 valence electrons. The Balaban J connectivity index is 1.54. The highest BCUT2D eigenvalue weighted by Crippen LogP contribution is 2.42. The van der Waals surface area contributed by atoms with Gasteiger partial charge in [0.05, 0.1) is 35.1 Å². The van der Waals surface area contributed by atoms with Crippen LogP contribution in [0.2, 0.25) is 0 Å². The minimum atomic E-state index is -4.44. The first-order chi connectivity index (χ1) is 22.6. The van der Waals surface area contributed by atoms with Gasteiger partial charge < -0.3 is 21.1 Å². The lowest BCUT2D eigenvalue weighted by atomic mass is 9.80. The van der Waals surface area contributed by atoms with E-state index < -0.39 is 53.9 Å². The first kappa shape index (κ1) is 35.7. The van der Waals surface area contributed by atoms with Crippen molar-refractivity contribution in [1.29, 1.82) is 0 Å². The van der Waals surface area contributed by atoms with Gasteiger partial charge in [-0.2, -0.15) is 18.3 Å². The van der Waals surface area contributed by atoms with Gasteiger partial charge in [0.25, 0.3) is 5.91 Å². The van der Waals surface area contributed by atoms with E-state index in [1.807, 2.05) is 19.9 Å². The summed E-state index contributed by atoms with van der Waals surface area (Å²) in [5.41, 5.74) is 7.27. The predicted molar refractivity (Wildman–Crippen MR) is 168 cm³/mol. The van der Waals surface area contributed by atoms with Crippen LogP contribution >= 0.6 is 0 Å². The molecule has 2 amide bonds. The molecule has 1 saturated carbocycles. The maximum Gasteiger partial charge on any atom is 0.393 e. The summed E-state index contributed by atoms with van der Waals surface area (Å²) in [4.78, 5) is 35.2. The minimum absolute atomic E-state index is 0.00484. The molecule has 3 aliphatic rings. The molecule has 5 rings (SSSR count). The maximum atomic E-state index is 14.2. The third-order valence-corrected chi connectivity index (χ3v) is 9.73. The Morgan fingerprint density at radius 3 is 2.65 bits per heavy atom. The summed E-state index contributed by atoms with van der Waals surface area (Å²) < 4.78 is 76.8. The quantitative estimate of drug-likeness (QED) is 0.247. The fourth-order valence-electron chi connectivity index (χ4n) is 7.22. The van der Waals surface area contributed by atoms with Crippen LogP contribution in [0.3, 0.4) is 0 Å². The molecular formula is C33H44F5N7O3. The smallest absolute Gasteiger partial charge is 0.393 e. The Bertz CT molecular complexity index is 1540. The predicted octanol–water partition coefficient (Wildman–Crippen LogP) is 5.18. The monoisotopic (exact) mass is 681 g/mol. The number of nitrogens with two attached hydrogens (primary N) is 1. The zero-order valence-corrected chi connectivity index (χ0v) is 27.5. The molecule has 0 bridgehead atoms. The number of aliphatic imine (C=N–C) groups is 1. The maximum absolute atomic E-state index is 14.2. The van der Waals surface area contributed by atoms with Crippen LogP contribution in [-0.2, 0) is 20.7 Å². The Labute approximate surface area is 276 Å². The number of nitrogens with one attached hydrogen (secondary N) is 2. The Kier molecular flexibility index (Phi) is 10.5. The van der Waals surface area contributed by atoms with Gasteiger partial charge >= 0.3 is 6.18 Å². The molecule has 48 heavy (non-hydrogen) atoms. The summed E-state index contributed by atoms with van der Waals surface area (Å²) in [6.07, 6.45) is 0.297. The molecule has 2 aliphatic heterocycles. The molecular weight excluding hydrogens is 637 g/mol. The number of ether oxygens (including phenoxy) is 1. The lowest BCUT2D eigenvalue weighted by molar-refractivity contribution is -0.183. The van der Waals surface area contributed by atoms with Crippen LogP contribution in [-0.4, -0.2) is 69.5 Å². The largest absolute Gasteiger partial charge is 0.405 e. The zero-order chi connectivity index (χ0) is 34.9. The molecule has 1 aliphatic carbocycles. The SMILES string of the molecule is CCN=C(C=CN)C(=O)NC(c1cn2nc(C[C@H]3C[C@@H](C(F)(F)F)CNC3=O)c(C3CCOC(C)(C)C3)cc2n1)C1CCC(F)(F)CC1. The van der Waals surface area contributed by atoms with Gasteiger partial charge in [0.1, 0.15) is 5.71 Å². The van der Waals surface area contributed by atoms with Crippen molar-refractivity contribution in [1.82, 2.24) is 25.2 Å². The van der Waals surface area contributed by atoms with Crippen molar-refractivity contribution in [3.63, 3.8) is 0 Å². The first-order valence-corrected chi connectivity index (χ1v) is 16.6. The number of rotatable bonds is 9. The molecule has 10 nitrogen and oxygen atoms in total. The summed E-state index contributed by atoms with van der Waals surface area (Å²) in [5, 5.41) is 10.2. The number of nitrogens with zero attached hydrogens (tertiary/aromatic N) is 4. The number of aromatic nitrogens is 3. The molecule has 0 radical (unpaired) electrons. The van der Waals surface area contributed by atoms with Crippen molar-refractivity contribution in [3.8, 4) is 0 Å². The molecule has 2 aromatic rings. The van der Waals surface area contributed by atoms with Gasteiger partial charge in [-0.3, -0.25) is 14.6 Å². The van der Waals surface area contributed by atoms with Crippen LogP contribution in [0.1, 0.15) is 94.6 Å². The Hall–Kier alpha value is -3.62. The van der Waals surface area contributed by atoms with E-state index in [0.717, 1.165) is 5.56 Å². The fourth-order valence-corrected chi connectivity index (χ4v) is 7.22. The van der Waals surface area contributed by atoms with Crippen LogP contribution in [0, 0.1) is 17.8 Å². The van der Waals surface area contributed by atoms with Gasteiger partial charge in [0.2, 0.25) is 11.8 Å². The third-order valence-electron chi connectivity index (χ3n) is 9.73. The molecule has 15 heteroatoms. The topological polar surface area (TPSA) is 136 Å². The van der Waals surface area contributed by atoms with Gasteiger partial charge in [0, 0.05) is 44.9 Å². The number of alkyl halides is 5. The van der Waals surface area contributed by atoms with Crippen LogP contribution in [0.25, 0.3) is 5.65 Å². The highest BCUT2D eigenvalue weighted by Gasteiger charge is 2.45. The molecule has 3 fully saturated rings. The summed E-state index contributed by atoms with van der Waals surface area (Å²) in [6.45, 7) is 6.05. The van der Waals surface area contributed by atoms with Crippen molar-refractivity contribution in [2.45, 2.75) is 102 Å². The van der Waals surface area contributed by atoms with Crippen molar-refractivity contribution in [2.24, 2.45) is 28.5 Å². The molecule has 2 unspecified atom stereocenters. The number of halogens is 5. The van der Waals surface area contributed by atoms with E-state index in [1.54, 1.807) is 13.1 Å². The van der Waals surface area contributed by atoms with E-state index in [0.29, 0.717) is 43.0 Å². The minimum Gasteiger partial charge on any atom is -0.405 e. The van der Waals surface area contributed by atoms with Crippen LogP contribution in [0.4, 0.5) is 22.0 Å². The van der Waals surface area contributed by atoms with E-state index in [1.165, 1.54) is 16.8 Å². The first-order valence-electron chi connectivity index (χ1n) is 16.6. The lowest BCUT2D eigenvalue weighted by Crippen LogP contribution is -2.47. The Morgan fingerprint density at radius 1 is 1.27 bits per heavy atom. The zero-order valence-electron chi connectivity index (χ0n) is 27.5. The molecule has 4 atom stereocenters. The molecule has 0 spiro atoms. The third kappa shape index (κ3) is 8.32. The summed E-state index contributed by atoms with van der Waals surface area (Å²) in [6, 6.07) is 1.09. The van der Waals surface area contributed by atoms with E-state index in [2.05, 4.69) is 15.6 Å². The van der Waals surface area contributed by atoms with Crippen molar-refractivity contribution in [3.05, 3.63) is 41.5 Å². The molecule has 0 aromatic carbocycles. The second-order valence-corrected chi connectivity index (χ2v) is 13.8. The van der Waals surface area contributed by atoms with Crippen molar-refractivity contribution < 1.29 is 36.3 Å². The van der Waals surface area contributed by atoms with Crippen LogP contribution in [0.5, 0.6) is 0 Å². The second kappa shape index (κ2) is 14.1. The average Bonchev–Trinajstić information content (AvgIpc) is 3.42. The second-order valence-electron chi connectivity index (χ2n) is 13.8. The van der Waals surface area contributed by atoms with Gasteiger partial charge in [-0.05, 0) is 88.6 Å². The fraction of sp³-hybridized carbons (Fsp3) is 0.667. The average molecular weight is 682 g/mol. The summed E-state index contributed by atoms with van der Waals surface area (Å²) >= 11 is 0. The number of piperidine rings is 1. The van der Waals surface area contributed by atoms with Crippen molar-refractivity contribution >= 4 is 23.2 Å². The van der Waals surface area contributed by atoms with Gasteiger partial charge in [0.15, 0.2) is 5.65 Å². The summed E-state index contributed by atoms with van der Waals surface area (Å²) in [7, 11) is 0. The van der Waals surface area contributed by atoms with Crippen molar-refractivity contribution in [2.75, 3.05) is 19.7 Å². The molecule has 4 N–H and O–H groups in total. The van der Waals surface area contributed by atoms with E-state index in [4.69, 9.17) is 20.6 Å². The molecule has 2 saturated heterocycles. The lowest BCUT2D eigenvalue weighted by Gasteiger charge is -2.36. The van der Waals surface area contributed by atoms with Gasteiger partial charge in [-0.25, -0.2) is 18.3 Å². The highest BCUT2D eigenvalue weighted by atomic mass is 19.4. The van der Waals surface area contributed by atoms with Crippen LogP contribution in [0.15, 0.2) is 29.5 Å². The Morgan fingerprint density at radius 2 is 2.00 bits per heavy atom. The standard InChI is InChI=1S/C33H44F5N7O3/c1-4-40-24(7-11-39)30(47)43-28(19-5-9-32(34,35)10-6-19)26-18-45-27(42-26)15-23(20-8-12-48-31(2,3)16-20)25(44-45)14-21-13-22(33(36,37)38)17-41-29(21)46/h7,11,15,18-22,28H,4-6,8-10,12-14,16-17,39H2,1-3H3,(H,41,46)(H,43,47)/t20?,21-,22-,28?/m1/s1. The van der Waals surface area contributed by atoms with Gasteiger partial charge in [-0.1, -0.05) is 0 Å². The van der Waals surface area contributed by atoms with E-state index in [-0.39, 0.29) is 56.1 Å². The summed E-state index contributed by atoms with van der Waals surface area (Å²) in [5.74, 6) is -6.78. The number of imidazole rings is 1. The number of carbonyl (C=O) groups excluding carboxylic acids is 2. The molecule has 4 heterocycles. The number of amides is 2. The normalized spacial score (nSPS) is 26.0.